The molecule has 0 aliphatic rings. The first-order chi connectivity index (χ1) is 7.91. The Balaban J connectivity index is 2.69. The van der Waals surface area contributed by atoms with E-state index in [1.54, 1.807) is 0 Å². The van der Waals surface area contributed by atoms with E-state index >= 15 is 0 Å². The first kappa shape index (κ1) is 13.5. The van der Waals surface area contributed by atoms with Gasteiger partial charge in [0.15, 0.2) is 0 Å². The Labute approximate surface area is 103 Å². The molecule has 1 aromatic rings. The van der Waals surface area contributed by atoms with Gasteiger partial charge < -0.3 is 16.0 Å². The van der Waals surface area contributed by atoms with Gasteiger partial charge in [-0.05, 0) is 50.7 Å². The van der Waals surface area contributed by atoms with Crippen LogP contribution in [-0.4, -0.2) is 31.4 Å². The molecule has 0 aliphatic heterocycles. The quantitative estimate of drug-likeness (QED) is 0.767. The molecule has 1 aromatic carbocycles. The lowest BCUT2D eigenvalue weighted by Crippen LogP contribution is -2.33. The second kappa shape index (κ2) is 5.68. The van der Waals surface area contributed by atoms with Gasteiger partial charge in [-0.2, -0.15) is 0 Å². The minimum atomic E-state index is 0.0243. The zero-order chi connectivity index (χ0) is 13.0. The summed E-state index contributed by atoms with van der Waals surface area (Å²) in [6, 6.07) is 3.88. The number of rotatable bonds is 4. The molecular weight excluding hydrogens is 214 g/mol. The third kappa shape index (κ3) is 3.75. The SMILES string of the molecule is Cc1ccc(N)c(C)c1CNC(=O)CN(C)C. The highest BCUT2D eigenvalue weighted by molar-refractivity contribution is 5.78. The van der Waals surface area contributed by atoms with Crippen LogP contribution in [0.1, 0.15) is 16.7 Å². The van der Waals surface area contributed by atoms with Gasteiger partial charge in [0.1, 0.15) is 0 Å². The molecule has 1 rings (SSSR count). The predicted octanol–water partition coefficient (Wildman–Crippen LogP) is 1.06. The Hall–Kier alpha value is -1.55. The highest BCUT2D eigenvalue weighted by Gasteiger charge is 2.08. The lowest BCUT2D eigenvalue weighted by molar-refractivity contribution is -0.121. The van der Waals surface area contributed by atoms with E-state index < -0.39 is 0 Å². The summed E-state index contributed by atoms with van der Waals surface area (Å²) < 4.78 is 0. The first-order valence-corrected chi connectivity index (χ1v) is 5.67. The number of amides is 1. The number of hydrogen-bond donors (Lipinski definition) is 2. The van der Waals surface area contributed by atoms with Crippen LogP contribution >= 0.6 is 0 Å². The van der Waals surface area contributed by atoms with E-state index in [9.17, 15) is 4.79 Å². The first-order valence-electron chi connectivity index (χ1n) is 5.67. The number of carbonyl (C=O) groups excluding carboxylic acids is 1. The maximum Gasteiger partial charge on any atom is 0.234 e. The number of anilines is 1. The molecule has 17 heavy (non-hydrogen) atoms. The highest BCUT2D eigenvalue weighted by Crippen LogP contribution is 2.19. The summed E-state index contributed by atoms with van der Waals surface area (Å²) in [5, 5.41) is 2.90. The summed E-state index contributed by atoms with van der Waals surface area (Å²) in [5.41, 5.74) is 9.94. The maximum atomic E-state index is 11.6. The average Bonchev–Trinajstić information content (AvgIpc) is 2.23. The molecule has 0 heterocycles. The monoisotopic (exact) mass is 235 g/mol. The summed E-state index contributed by atoms with van der Waals surface area (Å²) in [6.45, 7) is 4.95. The minimum Gasteiger partial charge on any atom is -0.399 e. The van der Waals surface area contributed by atoms with Crippen LogP contribution in [0, 0.1) is 13.8 Å². The van der Waals surface area contributed by atoms with Crippen molar-refractivity contribution in [1.82, 2.24) is 10.2 Å². The molecule has 0 unspecified atom stereocenters. The molecule has 0 atom stereocenters. The van der Waals surface area contributed by atoms with E-state index in [1.165, 1.54) is 0 Å². The van der Waals surface area contributed by atoms with Crippen molar-refractivity contribution in [2.24, 2.45) is 0 Å². The van der Waals surface area contributed by atoms with Crippen LogP contribution < -0.4 is 11.1 Å². The van der Waals surface area contributed by atoms with Crippen molar-refractivity contribution in [3.8, 4) is 0 Å². The number of aryl methyl sites for hydroxylation is 1. The topological polar surface area (TPSA) is 58.4 Å². The fourth-order valence-corrected chi connectivity index (χ4v) is 1.71. The van der Waals surface area contributed by atoms with Crippen LogP contribution in [0.5, 0.6) is 0 Å². The van der Waals surface area contributed by atoms with Gasteiger partial charge in [-0.15, -0.1) is 0 Å². The molecule has 3 N–H and O–H groups in total. The van der Waals surface area contributed by atoms with E-state index in [-0.39, 0.29) is 5.91 Å². The van der Waals surface area contributed by atoms with Crippen molar-refractivity contribution in [2.45, 2.75) is 20.4 Å². The van der Waals surface area contributed by atoms with Gasteiger partial charge in [0.2, 0.25) is 5.91 Å². The van der Waals surface area contributed by atoms with Gasteiger partial charge in [-0.25, -0.2) is 0 Å². The number of nitrogens with two attached hydrogens (primary N) is 1. The van der Waals surface area contributed by atoms with E-state index in [0.29, 0.717) is 13.1 Å². The summed E-state index contributed by atoms with van der Waals surface area (Å²) in [6.07, 6.45) is 0. The standard InChI is InChI=1S/C13H21N3O/c1-9-5-6-12(14)10(2)11(9)7-15-13(17)8-16(3)4/h5-6H,7-8,14H2,1-4H3,(H,15,17). The van der Waals surface area contributed by atoms with E-state index in [1.807, 2.05) is 45.0 Å². The van der Waals surface area contributed by atoms with Gasteiger partial charge in [0, 0.05) is 12.2 Å². The smallest absolute Gasteiger partial charge is 0.234 e. The van der Waals surface area contributed by atoms with Crippen molar-refractivity contribution < 1.29 is 4.79 Å². The molecule has 0 saturated heterocycles. The zero-order valence-corrected chi connectivity index (χ0v) is 11.0. The van der Waals surface area contributed by atoms with Gasteiger partial charge in [0.05, 0.1) is 6.54 Å². The molecule has 0 aromatic heterocycles. The molecule has 0 saturated carbocycles. The lowest BCUT2D eigenvalue weighted by atomic mass is 10.0. The number of nitrogens with one attached hydrogen (secondary N) is 1. The minimum absolute atomic E-state index is 0.0243. The van der Waals surface area contributed by atoms with Crippen LogP contribution in [-0.2, 0) is 11.3 Å². The van der Waals surface area contributed by atoms with E-state index in [4.69, 9.17) is 5.73 Å². The molecular formula is C13H21N3O. The molecule has 0 bridgehead atoms. The number of carbonyl (C=O) groups is 1. The summed E-state index contributed by atoms with van der Waals surface area (Å²) in [7, 11) is 3.74. The Morgan fingerprint density at radius 3 is 2.59 bits per heavy atom. The molecule has 0 spiro atoms. The largest absolute Gasteiger partial charge is 0.399 e. The molecule has 0 fully saturated rings. The highest BCUT2D eigenvalue weighted by atomic mass is 16.1. The third-order valence-electron chi connectivity index (χ3n) is 2.80. The molecule has 94 valence electrons. The van der Waals surface area contributed by atoms with Crippen molar-refractivity contribution in [3.05, 3.63) is 28.8 Å². The molecule has 4 nitrogen and oxygen atoms in total. The van der Waals surface area contributed by atoms with Crippen LogP contribution in [0.25, 0.3) is 0 Å². The Kier molecular flexibility index (Phi) is 4.52. The normalized spacial score (nSPS) is 10.6. The Morgan fingerprint density at radius 1 is 1.35 bits per heavy atom. The van der Waals surface area contributed by atoms with E-state index in [2.05, 4.69) is 5.32 Å². The summed E-state index contributed by atoms with van der Waals surface area (Å²) in [5.74, 6) is 0.0243. The predicted molar refractivity (Wildman–Crippen MR) is 70.7 cm³/mol. The molecule has 1 amide bonds. The number of likely N-dealkylation sites (N-methyl/N-ethyl adjacent to an activating group) is 1. The number of benzene rings is 1. The van der Waals surface area contributed by atoms with Gasteiger partial charge in [0.25, 0.3) is 0 Å². The Bertz CT molecular complexity index is 413. The zero-order valence-electron chi connectivity index (χ0n) is 11.0. The average molecular weight is 235 g/mol. The van der Waals surface area contributed by atoms with Gasteiger partial charge >= 0.3 is 0 Å². The van der Waals surface area contributed by atoms with E-state index in [0.717, 1.165) is 22.4 Å². The Morgan fingerprint density at radius 2 is 2.00 bits per heavy atom. The van der Waals surface area contributed by atoms with Crippen molar-refractivity contribution in [2.75, 3.05) is 26.4 Å². The van der Waals surface area contributed by atoms with Crippen LogP contribution in [0.4, 0.5) is 5.69 Å². The number of nitrogens with zero attached hydrogens (tertiary/aromatic N) is 1. The second-order valence-corrected chi connectivity index (χ2v) is 4.59. The number of hydrogen-bond acceptors (Lipinski definition) is 3. The van der Waals surface area contributed by atoms with Crippen LogP contribution in [0.2, 0.25) is 0 Å². The van der Waals surface area contributed by atoms with Gasteiger partial charge in [-0.1, -0.05) is 6.07 Å². The molecule has 0 aliphatic carbocycles. The fourth-order valence-electron chi connectivity index (χ4n) is 1.71. The second-order valence-electron chi connectivity index (χ2n) is 4.59. The van der Waals surface area contributed by atoms with Crippen molar-refractivity contribution in [3.63, 3.8) is 0 Å². The van der Waals surface area contributed by atoms with Gasteiger partial charge in [-0.3, -0.25) is 4.79 Å². The summed E-state index contributed by atoms with van der Waals surface area (Å²) in [4.78, 5) is 13.4. The lowest BCUT2D eigenvalue weighted by Gasteiger charge is -2.14. The van der Waals surface area contributed by atoms with Crippen molar-refractivity contribution >= 4 is 11.6 Å². The number of nitrogen functional groups attached to an aromatic ring is 1. The van der Waals surface area contributed by atoms with Crippen molar-refractivity contribution in [1.29, 1.82) is 0 Å². The molecule has 4 heteroatoms. The fraction of sp³-hybridized carbons (Fsp3) is 0.462. The van der Waals surface area contributed by atoms with Crippen LogP contribution in [0.15, 0.2) is 12.1 Å². The summed E-state index contributed by atoms with van der Waals surface area (Å²) >= 11 is 0. The molecule has 0 radical (unpaired) electrons. The maximum absolute atomic E-state index is 11.6. The third-order valence-corrected chi connectivity index (χ3v) is 2.80. The van der Waals surface area contributed by atoms with Crippen LogP contribution in [0.3, 0.4) is 0 Å².